The van der Waals surface area contributed by atoms with Gasteiger partial charge >= 0.3 is 0 Å². The van der Waals surface area contributed by atoms with Crippen molar-refractivity contribution in [1.29, 1.82) is 0 Å². The summed E-state index contributed by atoms with van der Waals surface area (Å²) in [5.41, 5.74) is 13.7. The molecule has 0 radical (unpaired) electrons. The Balaban J connectivity index is 0.00000101. The maximum atomic E-state index is 12.4. The summed E-state index contributed by atoms with van der Waals surface area (Å²) < 4.78 is 0. The quantitative estimate of drug-likeness (QED) is 0.122. The summed E-state index contributed by atoms with van der Waals surface area (Å²) >= 11 is 0. The van der Waals surface area contributed by atoms with Crippen molar-refractivity contribution >= 4 is 92.6 Å². The Morgan fingerprint density at radius 3 is 0.639 bits per heavy atom. The first-order valence-electron chi connectivity index (χ1n) is 23.6. The average Bonchev–Trinajstić information content (AvgIpc) is 3.43. The van der Waals surface area contributed by atoms with Crippen LogP contribution in [0.25, 0.3) is 11.1 Å². The summed E-state index contributed by atoms with van der Waals surface area (Å²) in [4.78, 5) is 45.4. The molecule has 10 rings (SSSR count). The topological polar surface area (TPSA) is 196 Å². The number of nitrogens with zero attached hydrogens (tertiary/aromatic N) is 14. The fourth-order valence-corrected chi connectivity index (χ4v) is 8.53. The minimum Gasteiger partial charge on any atom is -0.504 e. The second-order valence-electron chi connectivity index (χ2n) is 17.6. The van der Waals surface area contributed by atoms with Gasteiger partial charge in [0.1, 0.15) is 69.8 Å². The van der Waals surface area contributed by atoms with Gasteiger partial charge in [-0.2, -0.15) is 0 Å². The van der Waals surface area contributed by atoms with E-state index in [1.54, 1.807) is 0 Å². The second kappa shape index (κ2) is 20.3. The van der Waals surface area contributed by atoms with Crippen molar-refractivity contribution < 1.29 is 10.2 Å². The fraction of sp³-hybridized carbons (Fsp3) is 0.222. The Bertz CT molecular complexity index is 2840. The molecular weight excluding hydrogens is 905 g/mol. The molecule has 6 N–H and O–H groups in total. The Morgan fingerprint density at radius 2 is 0.472 bits per heavy atom. The van der Waals surface area contributed by atoms with Crippen LogP contribution < -0.4 is 50.7 Å². The molecule has 2 aliphatic heterocycles. The number of phenolic OH excluding ortho intramolecular Hbond substituents is 2. The Labute approximate surface area is 420 Å². The van der Waals surface area contributed by atoms with Crippen LogP contribution >= 0.6 is 0 Å². The molecule has 0 unspecified atom stereocenters. The Morgan fingerprint density at radius 1 is 0.306 bits per heavy atom. The molecule has 2 aliphatic rings. The molecule has 0 atom stereocenters. The predicted molar refractivity (Wildman–Crippen MR) is 292 cm³/mol. The zero-order valence-electron chi connectivity index (χ0n) is 41.8. The number of pyridine rings is 6. The molecule has 0 aliphatic carbocycles. The lowest BCUT2D eigenvalue weighted by Crippen LogP contribution is -2.20. The van der Waals surface area contributed by atoms with Gasteiger partial charge in [-0.15, -0.1) is 0 Å². The van der Waals surface area contributed by atoms with Crippen LogP contribution in [0.1, 0.15) is 12.8 Å². The van der Waals surface area contributed by atoms with Gasteiger partial charge < -0.3 is 60.9 Å². The fourth-order valence-electron chi connectivity index (χ4n) is 8.53. The largest absolute Gasteiger partial charge is 0.504 e. The van der Waals surface area contributed by atoms with Crippen molar-refractivity contribution in [3.63, 3.8) is 0 Å². The zero-order valence-corrected chi connectivity index (χ0v) is 41.8. The molecule has 18 nitrogen and oxygen atoms in total. The first kappa shape index (κ1) is 48.3. The van der Waals surface area contributed by atoms with Crippen LogP contribution in [-0.4, -0.2) is 110 Å². The van der Waals surface area contributed by atoms with Gasteiger partial charge in [0.05, 0.1) is 22.7 Å². The summed E-state index contributed by atoms with van der Waals surface area (Å²) in [5, 5.41) is 24.9. The number of nitrogens with two attached hydrogens (primary N) is 2. The van der Waals surface area contributed by atoms with E-state index in [2.05, 4.69) is 0 Å². The minimum absolute atomic E-state index is 0.0216. The third-order valence-corrected chi connectivity index (χ3v) is 13.0. The summed E-state index contributed by atoms with van der Waals surface area (Å²) in [7, 11) is 15.2. The molecule has 0 amide bonds. The van der Waals surface area contributed by atoms with Crippen molar-refractivity contribution in [2.24, 2.45) is 11.5 Å². The molecule has 0 saturated carbocycles. The molecule has 8 heterocycles. The number of fused-ring (bicyclic) bond motifs is 16. The number of aromatic nitrogens is 6. The van der Waals surface area contributed by atoms with E-state index in [1.807, 2.05) is 229 Å². The van der Waals surface area contributed by atoms with Crippen LogP contribution in [0.15, 0.2) is 133 Å². The van der Waals surface area contributed by atoms with E-state index in [0.29, 0.717) is 92.6 Å². The molecule has 72 heavy (non-hydrogen) atoms. The number of phenols is 2. The normalized spacial score (nSPS) is 13.2. The highest BCUT2D eigenvalue weighted by Gasteiger charge is 2.26. The molecule has 8 aromatic rings. The average molecular weight is 965 g/mol. The van der Waals surface area contributed by atoms with Gasteiger partial charge in [-0.05, 0) is 134 Å². The molecular formula is C54H60N16O2. The van der Waals surface area contributed by atoms with E-state index in [4.69, 9.17) is 41.4 Å². The number of unbranched alkanes of at least 4 members (excludes halogenated alkanes) is 1. The second-order valence-corrected chi connectivity index (χ2v) is 17.6. The Hall–Kier alpha value is -8.74. The number of hydrogen-bond acceptors (Lipinski definition) is 18. The van der Waals surface area contributed by atoms with Gasteiger partial charge in [-0.25, -0.2) is 29.9 Å². The lowest BCUT2D eigenvalue weighted by Gasteiger charge is -2.29. The molecule has 368 valence electrons. The van der Waals surface area contributed by atoms with Gasteiger partial charge in [-0.1, -0.05) is 36.4 Å². The van der Waals surface area contributed by atoms with Crippen LogP contribution in [0.2, 0.25) is 0 Å². The lowest BCUT2D eigenvalue weighted by molar-refractivity contribution is 0.476. The van der Waals surface area contributed by atoms with Crippen LogP contribution in [-0.2, 0) is 0 Å². The predicted octanol–water partition coefficient (Wildman–Crippen LogP) is 9.59. The number of hydrogen-bond donors (Lipinski definition) is 4. The zero-order chi connectivity index (χ0) is 50.8. The maximum absolute atomic E-state index is 12.4. The smallest absolute Gasteiger partial charge is 0.163 e. The molecule has 0 spiro atoms. The van der Waals surface area contributed by atoms with E-state index in [-0.39, 0.29) is 11.5 Å². The number of anilines is 16. The van der Waals surface area contributed by atoms with E-state index in [9.17, 15) is 10.2 Å². The highest BCUT2D eigenvalue weighted by atomic mass is 16.3. The van der Waals surface area contributed by atoms with Gasteiger partial charge in [0.15, 0.2) is 11.5 Å². The first-order valence-corrected chi connectivity index (χ1v) is 23.6. The van der Waals surface area contributed by atoms with E-state index < -0.39 is 0 Å². The maximum Gasteiger partial charge on any atom is 0.163 e. The van der Waals surface area contributed by atoms with Crippen molar-refractivity contribution in [1.82, 2.24) is 29.9 Å². The van der Waals surface area contributed by atoms with Crippen LogP contribution in [0.3, 0.4) is 0 Å². The summed E-state index contributed by atoms with van der Waals surface area (Å²) in [6.07, 6.45) is 2.13. The van der Waals surface area contributed by atoms with E-state index in [1.165, 1.54) is 0 Å². The van der Waals surface area contributed by atoms with Crippen LogP contribution in [0.5, 0.6) is 11.5 Å². The lowest BCUT2D eigenvalue weighted by atomic mass is 9.99. The highest BCUT2D eigenvalue weighted by molar-refractivity contribution is 5.91. The molecule has 6 aromatic heterocycles. The standard InChI is InChI=1S/C50H48N14O2.C4H12N2/c1-57-33-27-31(28-34(49(33)65)58(2)38-16-10-20-42(52-38)62(6)46-24-13-23-45(55-46)61(5)41-19-9-15-37(57)51-41)32-29-35-50(66)36(30-32)60(4)40-18-12-22-44(54-40)64(8)48-26-14-25-47(56-48)63(7)43-21-11-17-39(53-43)59(35)3;5-3-1-2-4-6/h9-30,65-66H,1-8H3;1-6H2. The third-order valence-electron chi connectivity index (χ3n) is 13.0. The van der Waals surface area contributed by atoms with Crippen LogP contribution in [0, 0.1) is 0 Å². The summed E-state index contributed by atoms with van der Waals surface area (Å²) in [6.45, 7) is 1.55. The summed E-state index contributed by atoms with van der Waals surface area (Å²) in [6, 6.07) is 42.5. The summed E-state index contributed by atoms with van der Waals surface area (Å²) in [5.74, 6) is 7.85. The Kier molecular flexibility index (Phi) is 13.6. The molecule has 16 bridgehead atoms. The molecule has 18 heteroatoms. The highest BCUT2D eigenvalue weighted by Crippen LogP contribution is 2.49. The number of aromatic hydroxyl groups is 2. The van der Waals surface area contributed by atoms with Gasteiger partial charge in [0, 0.05) is 56.4 Å². The minimum atomic E-state index is 0.0216. The van der Waals surface area contributed by atoms with Gasteiger partial charge in [0.2, 0.25) is 0 Å². The molecule has 0 fully saturated rings. The van der Waals surface area contributed by atoms with Crippen molar-refractivity contribution in [2.45, 2.75) is 12.8 Å². The van der Waals surface area contributed by atoms with Crippen molar-refractivity contribution in [3.8, 4) is 22.6 Å². The third kappa shape index (κ3) is 9.35. The molecule has 2 aromatic carbocycles. The number of rotatable bonds is 4. The van der Waals surface area contributed by atoms with E-state index in [0.717, 1.165) is 37.1 Å². The SMILES string of the molecule is CN1c2cccc(n2)N(C)c2cccc(n2)N(C)c2cc(-c3cc4c(O)c(c3)N(C)c3cccc(n3)N(C)c3cccc(n3)N(C)c3cccc(n3)N4C)cc(c2O)N(C)c2cccc1n2.NCCCCN. The van der Waals surface area contributed by atoms with Crippen molar-refractivity contribution in [3.05, 3.63) is 133 Å². The number of benzene rings is 2. The van der Waals surface area contributed by atoms with E-state index >= 15 is 0 Å². The monoisotopic (exact) mass is 965 g/mol. The van der Waals surface area contributed by atoms with Crippen LogP contribution in [0.4, 0.5) is 92.6 Å². The first-order chi connectivity index (χ1) is 34.8. The van der Waals surface area contributed by atoms with Crippen molar-refractivity contribution in [2.75, 3.05) is 109 Å². The molecule has 0 saturated heterocycles. The van der Waals surface area contributed by atoms with Gasteiger partial charge in [-0.3, -0.25) is 0 Å². The van der Waals surface area contributed by atoms with Gasteiger partial charge in [0.25, 0.3) is 0 Å².